The van der Waals surface area contributed by atoms with E-state index >= 15 is 0 Å². The van der Waals surface area contributed by atoms with E-state index in [-0.39, 0.29) is 18.1 Å². The Labute approximate surface area is 179 Å². The quantitative estimate of drug-likeness (QED) is 0.641. The van der Waals surface area contributed by atoms with Gasteiger partial charge in [-0.2, -0.15) is 0 Å². The second-order valence-electron chi connectivity index (χ2n) is 8.07. The number of anilines is 2. The molecule has 1 aromatic heterocycles. The second-order valence-corrected chi connectivity index (χ2v) is 8.07. The van der Waals surface area contributed by atoms with Crippen LogP contribution in [0.4, 0.5) is 20.4 Å². The summed E-state index contributed by atoms with van der Waals surface area (Å²) < 4.78 is 27.4. The highest BCUT2D eigenvalue weighted by Crippen LogP contribution is 2.33. The van der Waals surface area contributed by atoms with E-state index in [1.807, 2.05) is 18.2 Å². The van der Waals surface area contributed by atoms with E-state index in [2.05, 4.69) is 26.9 Å². The van der Waals surface area contributed by atoms with E-state index in [0.29, 0.717) is 29.2 Å². The van der Waals surface area contributed by atoms with Crippen molar-refractivity contribution in [3.05, 3.63) is 83.2 Å². The Morgan fingerprint density at radius 3 is 2.26 bits per heavy atom. The molecule has 2 aromatic carbocycles. The monoisotopic (exact) mass is 420 g/mol. The Kier molecular flexibility index (Phi) is 5.10. The molecule has 1 aliphatic carbocycles. The van der Waals surface area contributed by atoms with Crippen LogP contribution in [0.3, 0.4) is 0 Å². The number of ketones is 1. The Bertz CT molecular complexity index is 1090. The highest BCUT2D eigenvalue weighted by atomic mass is 19.1. The van der Waals surface area contributed by atoms with Crippen LogP contribution in [0.15, 0.2) is 54.7 Å². The molecule has 0 bridgehead atoms. The second kappa shape index (κ2) is 8.06. The van der Waals surface area contributed by atoms with Crippen LogP contribution < -0.4 is 9.80 Å². The lowest BCUT2D eigenvalue weighted by Gasteiger charge is -2.36. The van der Waals surface area contributed by atoms with Crippen LogP contribution in [-0.4, -0.2) is 41.9 Å². The van der Waals surface area contributed by atoms with Crippen LogP contribution in [0.2, 0.25) is 0 Å². The Balaban J connectivity index is 1.34. The van der Waals surface area contributed by atoms with Gasteiger partial charge in [0.1, 0.15) is 11.6 Å². The number of rotatable bonds is 3. The first-order valence-electron chi connectivity index (χ1n) is 10.5. The van der Waals surface area contributed by atoms with Crippen molar-refractivity contribution >= 4 is 17.4 Å². The number of para-hydroxylation sites is 1. The summed E-state index contributed by atoms with van der Waals surface area (Å²) in [4.78, 5) is 26.2. The maximum absolute atomic E-state index is 13.7. The molecule has 0 N–H and O–H groups in total. The van der Waals surface area contributed by atoms with Crippen molar-refractivity contribution in [2.45, 2.75) is 18.8 Å². The third-order valence-electron chi connectivity index (χ3n) is 6.07. The van der Waals surface area contributed by atoms with E-state index in [9.17, 15) is 13.6 Å². The smallest absolute Gasteiger partial charge is 0.225 e. The lowest BCUT2D eigenvalue weighted by molar-refractivity contribution is 0.0962. The molecule has 1 fully saturated rings. The Hall–Kier alpha value is -3.35. The molecule has 1 unspecified atom stereocenters. The summed E-state index contributed by atoms with van der Waals surface area (Å²) in [5, 5.41) is 0. The fourth-order valence-electron chi connectivity index (χ4n) is 4.44. The van der Waals surface area contributed by atoms with Gasteiger partial charge in [0.2, 0.25) is 5.95 Å². The molecule has 5 nitrogen and oxygen atoms in total. The van der Waals surface area contributed by atoms with Crippen molar-refractivity contribution in [2.24, 2.45) is 0 Å². The van der Waals surface area contributed by atoms with E-state index in [1.165, 1.54) is 17.8 Å². The number of halogens is 2. The van der Waals surface area contributed by atoms with Gasteiger partial charge in [0.25, 0.3) is 0 Å². The Morgan fingerprint density at radius 2 is 1.55 bits per heavy atom. The van der Waals surface area contributed by atoms with Crippen molar-refractivity contribution in [1.82, 2.24) is 9.97 Å². The number of nitrogens with zero attached hydrogens (tertiary/aromatic N) is 4. The fourth-order valence-corrected chi connectivity index (χ4v) is 4.44. The highest BCUT2D eigenvalue weighted by Gasteiger charge is 2.30. The average Bonchev–Trinajstić information content (AvgIpc) is 2.79. The van der Waals surface area contributed by atoms with Crippen LogP contribution >= 0.6 is 0 Å². The molecule has 0 saturated carbocycles. The molecule has 158 valence electrons. The van der Waals surface area contributed by atoms with Gasteiger partial charge in [0.15, 0.2) is 5.78 Å². The van der Waals surface area contributed by atoms with Crippen LogP contribution in [-0.2, 0) is 6.42 Å². The minimum absolute atomic E-state index is 0.0867. The minimum atomic E-state index is -0.632. The van der Waals surface area contributed by atoms with E-state index in [0.717, 1.165) is 32.2 Å². The molecular weight excluding hydrogens is 398 g/mol. The van der Waals surface area contributed by atoms with Crippen LogP contribution in [0.25, 0.3) is 0 Å². The van der Waals surface area contributed by atoms with Gasteiger partial charge in [0, 0.05) is 50.6 Å². The summed E-state index contributed by atoms with van der Waals surface area (Å²) in [5.41, 5.74) is 2.86. The molecule has 7 heteroatoms. The van der Waals surface area contributed by atoms with E-state index < -0.39 is 11.6 Å². The summed E-state index contributed by atoms with van der Waals surface area (Å²) in [6, 6.07) is 13.7. The number of fused-ring (bicyclic) bond motifs is 1. The molecule has 0 spiro atoms. The number of hydrogen-bond donors (Lipinski definition) is 0. The number of piperazine rings is 1. The molecular formula is C24H22F2N4O. The minimum Gasteiger partial charge on any atom is -0.368 e. The summed E-state index contributed by atoms with van der Waals surface area (Å²) in [5.74, 6) is -1.04. The lowest BCUT2D eigenvalue weighted by atomic mass is 9.82. The fraction of sp³-hybridized carbons (Fsp3) is 0.292. The number of hydrogen-bond acceptors (Lipinski definition) is 5. The van der Waals surface area contributed by atoms with Crippen molar-refractivity contribution in [3.8, 4) is 0 Å². The average molecular weight is 420 g/mol. The first-order valence-corrected chi connectivity index (χ1v) is 10.5. The number of benzene rings is 2. The molecule has 5 rings (SSSR count). The molecule has 1 aliphatic heterocycles. The molecule has 2 heterocycles. The first kappa shape index (κ1) is 19.6. The summed E-state index contributed by atoms with van der Waals surface area (Å²) >= 11 is 0. The van der Waals surface area contributed by atoms with Crippen LogP contribution in [0.1, 0.15) is 34.0 Å². The predicted molar refractivity (Wildman–Crippen MR) is 115 cm³/mol. The summed E-state index contributed by atoms with van der Waals surface area (Å²) in [6.07, 6.45) is 2.27. The predicted octanol–water partition coefficient (Wildman–Crippen LogP) is 3.99. The zero-order valence-corrected chi connectivity index (χ0v) is 17.0. The van der Waals surface area contributed by atoms with Gasteiger partial charge in [-0.3, -0.25) is 4.79 Å². The third-order valence-corrected chi connectivity index (χ3v) is 6.07. The number of carbonyl (C=O) groups excluding carboxylic acids is 1. The zero-order valence-electron chi connectivity index (χ0n) is 17.0. The summed E-state index contributed by atoms with van der Waals surface area (Å²) in [6.45, 7) is 3.27. The maximum Gasteiger partial charge on any atom is 0.225 e. The van der Waals surface area contributed by atoms with Gasteiger partial charge >= 0.3 is 0 Å². The Morgan fingerprint density at radius 1 is 0.871 bits per heavy atom. The molecule has 0 radical (unpaired) electrons. The van der Waals surface area contributed by atoms with E-state index in [1.54, 1.807) is 6.20 Å². The van der Waals surface area contributed by atoms with Gasteiger partial charge < -0.3 is 9.80 Å². The van der Waals surface area contributed by atoms with Crippen molar-refractivity contribution in [3.63, 3.8) is 0 Å². The summed E-state index contributed by atoms with van der Waals surface area (Å²) in [7, 11) is 0. The van der Waals surface area contributed by atoms with E-state index in [4.69, 9.17) is 4.98 Å². The highest BCUT2D eigenvalue weighted by molar-refractivity contribution is 5.98. The van der Waals surface area contributed by atoms with Crippen LogP contribution in [0, 0.1) is 11.6 Å². The lowest BCUT2D eigenvalue weighted by Crippen LogP contribution is -2.47. The normalized spacial score (nSPS) is 18.8. The molecule has 31 heavy (non-hydrogen) atoms. The van der Waals surface area contributed by atoms with Crippen molar-refractivity contribution < 1.29 is 13.6 Å². The van der Waals surface area contributed by atoms with Gasteiger partial charge in [0.05, 0.1) is 11.3 Å². The standard InChI is InChI=1S/C24H22F2N4O/c25-18-10-16(11-19(26)14-18)17-12-22-21(23(31)13-17)15-27-24(28-22)30-8-6-29(7-9-30)20-4-2-1-3-5-20/h1-5,10-11,14-15,17H,6-9,12-13H2. The largest absolute Gasteiger partial charge is 0.368 e. The van der Waals surface area contributed by atoms with Gasteiger partial charge in [-0.05, 0) is 42.2 Å². The van der Waals surface area contributed by atoms with Gasteiger partial charge in [-0.25, -0.2) is 18.7 Å². The number of carbonyl (C=O) groups is 1. The maximum atomic E-state index is 13.7. The zero-order chi connectivity index (χ0) is 21.4. The van der Waals surface area contributed by atoms with Crippen molar-refractivity contribution in [1.29, 1.82) is 0 Å². The third kappa shape index (κ3) is 4.00. The number of Topliss-reactive ketones (excluding diaryl/α,β-unsaturated/α-hetero) is 1. The molecule has 2 aliphatic rings. The topological polar surface area (TPSA) is 49.3 Å². The molecule has 1 saturated heterocycles. The number of aromatic nitrogens is 2. The molecule has 0 amide bonds. The van der Waals surface area contributed by atoms with Crippen LogP contribution in [0.5, 0.6) is 0 Å². The molecule has 3 aromatic rings. The van der Waals surface area contributed by atoms with Gasteiger partial charge in [-0.1, -0.05) is 18.2 Å². The molecule has 1 atom stereocenters. The van der Waals surface area contributed by atoms with Crippen molar-refractivity contribution in [2.75, 3.05) is 36.0 Å². The SMILES string of the molecule is O=C1CC(c2cc(F)cc(F)c2)Cc2nc(N3CCN(c4ccccc4)CC3)ncc21. The first-order chi connectivity index (χ1) is 15.1. The van der Waals surface area contributed by atoms with Gasteiger partial charge in [-0.15, -0.1) is 0 Å².